The van der Waals surface area contributed by atoms with Crippen LogP contribution in [0.2, 0.25) is 0 Å². The Morgan fingerprint density at radius 2 is 1.95 bits per heavy atom. The van der Waals surface area contributed by atoms with E-state index in [4.69, 9.17) is 14.2 Å². The molecule has 0 bridgehead atoms. The molecule has 20 heavy (non-hydrogen) atoms. The predicted molar refractivity (Wildman–Crippen MR) is 71.5 cm³/mol. The van der Waals surface area contributed by atoms with Gasteiger partial charge in [0.15, 0.2) is 12.2 Å². The van der Waals surface area contributed by atoms with Crippen LogP contribution in [0.1, 0.15) is 13.8 Å². The molecule has 1 aromatic rings. The third kappa shape index (κ3) is 3.27. The number of amides is 1. The molecule has 1 saturated heterocycles. The first kappa shape index (κ1) is 14.3. The number of hydrogen-bond acceptors (Lipinski definition) is 5. The lowest BCUT2D eigenvalue weighted by Crippen LogP contribution is -2.25. The number of methoxy groups -OCH3 is 1. The largest absolute Gasteiger partial charge is 0.495 e. The molecule has 0 radical (unpaired) electrons. The van der Waals surface area contributed by atoms with Crippen molar-refractivity contribution in [2.75, 3.05) is 12.4 Å². The SMILES string of the molecule is COc1ccccc1NC(=O)C1OC1C(=O)OC(C)C. The van der Waals surface area contributed by atoms with E-state index in [1.54, 1.807) is 38.1 Å². The number of carbonyl (C=O) groups is 2. The molecule has 6 nitrogen and oxygen atoms in total. The van der Waals surface area contributed by atoms with Crippen LogP contribution >= 0.6 is 0 Å². The number of para-hydroxylation sites is 2. The summed E-state index contributed by atoms with van der Waals surface area (Å²) in [6, 6.07) is 7.01. The predicted octanol–water partition coefficient (Wildman–Crippen LogP) is 1.35. The Labute approximate surface area is 117 Å². The normalized spacial score (nSPS) is 20.4. The van der Waals surface area contributed by atoms with Gasteiger partial charge in [-0.1, -0.05) is 12.1 Å². The number of benzene rings is 1. The molecule has 108 valence electrons. The highest BCUT2D eigenvalue weighted by atomic mass is 16.6. The number of esters is 1. The highest BCUT2D eigenvalue weighted by Crippen LogP contribution is 2.28. The number of epoxide rings is 1. The Morgan fingerprint density at radius 1 is 1.25 bits per heavy atom. The van der Waals surface area contributed by atoms with Crippen LogP contribution in [0.4, 0.5) is 5.69 Å². The summed E-state index contributed by atoms with van der Waals surface area (Å²) in [5, 5.41) is 2.66. The molecule has 6 heteroatoms. The van der Waals surface area contributed by atoms with Gasteiger partial charge in [0.2, 0.25) is 0 Å². The first-order valence-corrected chi connectivity index (χ1v) is 6.32. The Hall–Kier alpha value is -2.08. The second-order valence-corrected chi connectivity index (χ2v) is 4.65. The van der Waals surface area contributed by atoms with Crippen LogP contribution in [-0.2, 0) is 19.1 Å². The monoisotopic (exact) mass is 279 g/mol. The van der Waals surface area contributed by atoms with Crippen molar-refractivity contribution < 1.29 is 23.8 Å². The minimum atomic E-state index is -0.813. The zero-order chi connectivity index (χ0) is 14.7. The first-order chi connectivity index (χ1) is 9.52. The molecule has 0 aliphatic carbocycles. The van der Waals surface area contributed by atoms with Gasteiger partial charge in [0.05, 0.1) is 18.9 Å². The van der Waals surface area contributed by atoms with Crippen molar-refractivity contribution in [1.82, 2.24) is 0 Å². The van der Waals surface area contributed by atoms with Crippen LogP contribution in [0.15, 0.2) is 24.3 Å². The van der Waals surface area contributed by atoms with E-state index in [0.717, 1.165) is 0 Å². The van der Waals surface area contributed by atoms with E-state index >= 15 is 0 Å². The zero-order valence-corrected chi connectivity index (χ0v) is 11.6. The van der Waals surface area contributed by atoms with Crippen molar-refractivity contribution in [2.24, 2.45) is 0 Å². The van der Waals surface area contributed by atoms with Gasteiger partial charge in [0.25, 0.3) is 5.91 Å². The maximum absolute atomic E-state index is 11.9. The summed E-state index contributed by atoms with van der Waals surface area (Å²) >= 11 is 0. The smallest absolute Gasteiger partial charge is 0.338 e. The summed E-state index contributed by atoms with van der Waals surface area (Å²) in [6.45, 7) is 3.48. The molecule has 1 aliphatic rings. The number of ether oxygens (including phenoxy) is 3. The van der Waals surface area contributed by atoms with Crippen LogP contribution < -0.4 is 10.1 Å². The van der Waals surface area contributed by atoms with E-state index in [2.05, 4.69) is 5.32 Å². The van der Waals surface area contributed by atoms with Crippen LogP contribution in [0.25, 0.3) is 0 Å². The maximum atomic E-state index is 11.9. The summed E-state index contributed by atoms with van der Waals surface area (Å²) in [4.78, 5) is 23.5. The lowest BCUT2D eigenvalue weighted by molar-refractivity contribution is -0.148. The number of carbonyl (C=O) groups excluding carboxylic acids is 2. The summed E-state index contributed by atoms with van der Waals surface area (Å²) < 4.78 is 15.2. The Morgan fingerprint density at radius 3 is 2.60 bits per heavy atom. The third-order valence-corrected chi connectivity index (χ3v) is 2.70. The second-order valence-electron chi connectivity index (χ2n) is 4.65. The average molecular weight is 279 g/mol. The lowest BCUT2D eigenvalue weighted by Gasteiger charge is -2.08. The van der Waals surface area contributed by atoms with E-state index in [1.807, 2.05) is 0 Å². The number of nitrogens with one attached hydrogen (secondary N) is 1. The summed E-state index contributed by atoms with van der Waals surface area (Å²) in [5.41, 5.74) is 0.534. The molecular formula is C14H17NO5. The van der Waals surface area contributed by atoms with E-state index in [9.17, 15) is 9.59 Å². The van der Waals surface area contributed by atoms with Gasteiger partial charge in [-0.3, -0.25) is 4.79 Å². The molecule has 2 atom stereocenters. The van der Waals surface area contributed by atoms with Gasteiger partial charge in [0.1, 0.15) is 5.75 Å². The van der Waals surface area contributed by atoms with Crippen LogP contribution in [-0.4, -0.2) is 37.3 Å². The van der Waals surface area contributed by atoms with Gasteiger partial charge >= 0.3 is 5.97 Å². The Kier molecular flexibility index (Phi) is 4.24. The standard InChI is InChI=1S/C14H17NO5/c1-8(2)19-14(17)12-11(20-12)13(16)15-9-6-4-5-7-10(9)18-3/h4-8,11-12H,1-3H3,(H,15,16). The van der Waals surface area contributed by atoms with Crippen LogP contribution in [0.5, 0.6) is 5.75 Å². The topological polar surface area (TPSA) is 77.2 Å². The fourth-order valence-electron chi connectivity index (χ4n) is 1.74. The van der Waals surface area contributed by atoms with Gasteiger partial charge in [0, 0.05) is 0 Å². The first-order valence-electron chi connectivity index (χ1n) is 6.32. The molecular weight excluding hydrogens is 262 g/mol. The average Bonchev–Trinajstić information content (AvgIpc) is 3.19. The van der Waals surface area contributed by atoms with Crippen molar-refractivity contribution in [3.8, 4) is 5.75 Å². The number of hydrogen-bond donors (Lipinski definition) is 1. The lowest BCUT2D eigenvalue weighted by atomic mass is 10.2. The molecule has 0 aromatic heterocycles. The molecule has 0 saturated carbocycles. The van der Waals surface area contributed by atoms with Crippen LogP contribution in [0.3, 0.4) is 0 Å². The second kappa shape index (κ2) is 5.92. The minimum Gasteiger partial charge on any atom is -0.495 e. The maximum Gasteiger partial charge on any atom is 0.338 e. The van der Waals surface area contributed by atoms with Crippen LogP contribution in [0, 0.1) is 0 Å². The molecule has 1 N–H and O–H groups in total. The molecule has 1 aliphatic heterocycles. The highest BCUT2D eigenvalue weighted by molar-refractivity contribution is 6.01. The number of rotatable bonds is 5. The van der Waals surface area contributed by atoms with Crippen molar-refractivity contribution >= 4 is 17.6 Å². The highest BCUT2D eigenvalue weighted by Gasteiger charge is 2.51. The van der Waals surface area contributed by atoms with E-state index in [0.29, 0.717) is 11.4 Å². The van der Waals surface area contributed by atoms with E-state index < -0.39 is 18.2 Å². The molecule has 2 rings (SSSR count). The number of anilines is 1. The fraction of sp³-hybridized carbons (Fsp3) is 0.429. The molecule has 2 unspecified atom stereocenters. The van der Waals surface area contributed by atoms with Gasteiger partial charge in [-0.15, -0.1) is 0 Å². The quantitative estimate of drug-likeness (QED) is 0.650. The van der Waals surface area contributed by atoms with Crippen molar-refractivity contribution in [1.29, 1.82) is 0 Å². The molecule has 1 aromatic carbocycles. The summed E-state index contributed by atoms with van der Waals surface area (Å²) in [6.07, 6.45) is -1.84. The Bertz CT molecular complexity index is 514. The molecule has 0 spiro atoms. The minimum absolute atomic E-state index is 0.232. The van der Waals surface area contributed by atoms with E-state index in [1.165, 1.54) is 7.11 Å². The van der Waals surface area contributed by atoms with Gasteiger partial charge in [-0.25, -0.2) is 4.79 Å². The van der Waals surface area contributed by atoms with Gasteiger partial charge in [-0.2, -0.15) is 0 Å². The van der Waals surface area contributed by atoms with Gasteiger partial charge < -0.3 is 19.5 Å². The van der Waals surface area contributed by atoms with Gasteiger partial charge in [-0.05, 0) is 26.0 Å². The third-order valence-electron chi connectivity index (χ3n) is 2.70. The van der Waals surface area contributed by atoms with Crippen molar-refractivity contribution in [3.05, 3.63) is 24.3 Å². The van der Waals surface area contributed by atoms with Crippen molar-refractivity contribution in [2.45, 2.75) is 32.2 Å². The zero-order valence-electron chi connectivity index (χ0n) is 11.6. The molecule has 1 amide bonds. The van der Waals surface area contributed by atoms with Crippen molar-refractivity contribution in [3.63, 3.8) is 0 Å². The van der Waals surface area contributed by atoms with E-state index in [-0.39, 0.29) is 12.0 Å². The Balaban J connectivity index is 1.93. The summed E-state index contributed by atoms with van der Waals surface area (Å²) in [7, 11) is 1.52. The summed E-state index contributed by atoms with van der Waals surface area (Å²) in [5.74, 6) is -0.358. The molecule has 1 fully saturated rings. The molecule has 1 heterocycles. The fourth-order valence-corrected chi connectivity index (χ4v) is 1.74.